The van der Waals surface area contributed by atoms with Crippen molar-refractivity contribution >= 4 is 5.91 Å². The van der Waals surface area contributed by atoms with E-state index in [9.17, 15) is 4.79 Å². The van der Waals surface area contributed by atoms with Gasteiger partial charge in [0, 0.05) is 12.7 Å². The van der Waals surface area contributed by atoms with Gasteiger partial charge in [-0.25, -0.2) is 4.98 Å². The van der Waals surface area contributed by atoms with E-state index in [1.54, 1.807) is 30.3 Å². The Balaban J connectivity index is 2.31. The molecule has 0 aliphatic heterocycles. The molecule has 18 heavy (non-hydrogen) atoms. The van der Waals surface area contributed by atoms with Crippen LogP contribution in [0.15, 0.2) is 36.5 Å². The van der Waals surface area contributed by atoms with E-state index in [-0.39, 0.29) is 18.1 Å². The highest BCUT2D eigenvalue weighted by molar-refractivity contribution is 5.95. The molecule has 92 valence electrons. The Labute approximate surface area is 104 Å². The van der Waals surface area contributed by atoms with Crippen LogP contribution in [-0.2, 0) is 6.54 Å². The minimum absolute atomic E-state index is 0.131. The molecule has 0 unspecified atom stereocenters. The van der Waals surface area contributed by atoms with Crippen molar-refractivity contribution in [3.05, 3.63) is 47.8 Å². The van der Waals surface area contributed by atoms with E-state index in [0.29, 0.717) is 11.4 Å². The van der Waals surface area contributed by atoms with Crippen LogP contribution in [0.3, 0.4) is 0 Å². The fourth-order valence-corrected chi connectivity index (χ4v) is 1.40. The zero-order valence-electron chi connectivity index (χ0n) is 9.54. The van der Waals surface area contributed by atoms with Crippen LogP contribution in [0.1, 0.15) is 16.1 Å². The van der Waals surface area contributed by atoms with Crippen LogP contribution in [0.2, 0.25) is 0 Å². The van der Waals surface area contributed by atoms with Crippen molar-refractivity contribution in [1.82, 2.24) is 9.97 Å². The quantitative estimate of drug-likeness (QED) is 0.828. The molecular formula is C12H12N4O2. The van der Waals surface area contributed by atoms with Crippen LogP contribution in [0.4, 0.5) is 0 Å². The van der Waals surface area contributed by atoms with Crippen molar-refractivity contribution in [2.75, 3.05) is 0 Å². The lowest BCUT2D eigenvalue weighted by molar-refractivity contribution is 0.0998. The van der Waals surface area contributed by atoms with Gasteiger partial charge in [-0.05, 0) is 18.2 Å². The third kappa shape index (κ3) is 2.61. The van der Waals surface area contributed by atoms with Gasteiger partial charge in [0.05, 0.1) is 11.3 Å². The Hall–Kier alpha value is -2.47. The molecule has 6 nitrogen and oxygen atoms in total. The minimum Gasteiger partial charge on any atom is -0.423 e. The molecule has 0 bridgehead atoms. The van der Waals surface area contributed by atoms with Gasteiger partial charge in [0.2, 0.25) is 0 Å². The Kier molecular flexibility index (Phi) is 3.49. The summed E-state index contributed by atoms with van der Waals surface area (Å²) in [6.45, 7) is 0.288. The van der Waals surface area contributed by atoms with Gasteiger partial charge < -0.3 is 16.2 Å². The molecule has 1 aromatic heterocycles. The van der Waals surface area contributed by atoms with Crippen LogP contribution in [0.25, 0.3) is 0 Å². The summed E-state index contributed by atoms with van der Waals surface area (Å²) in [5, 5.41) is 0. The molecule has 0 atom stereocenters. The molecule has 1 amide bonds. The zero-order chi connectivity index (χ0) is 13.0. The first-order chi connectivity index (χ1) is 8.70. The first kappa shape index (κ1) is 12.0. The number of hydrogen-bond acceptors (Lipinski definition) is 5. The van der Waals surface area contributed by atoms with Crippen LogP contribution in [0.5, 0.6) is 11.8 Å². The number of primary amides is 1. The fraction of sp³-hybridized carbons (Fsp3) is 0.0833. The van der Waals surface area contributed by atoms with E-state index in [1.807, 2.05) is 0 Å². The van der Waals surface area contributed by atoms with E-state index >= 15 is 0 Å². The molecule has 6 heteroatoms. The Morgan fingerprint density at radius 3 is 2.78 bits per heavy atom. The average Bonchev–Trinajstić information content (AvgIpc) is 2.39. The normalized spacial score (nSPS) is 10.1. The molecular weight excluding hydrogens is 232 g/mol. The molecule has 0 aliphatic carbocycles. The molecule has 0 saturated carbocycles. The standard InChI is InChI=1S/C12H12N4O2/c13-7-8-5-6-15-12(16-8)18-10-4-2-1-3-9(10)11(14)17/h1-6H,7,13H2,(H2,14,17). The van der Waals surface area contributed by atoms with Crippen LogP contribution in [-0.4, -0.2) is 15.9 Å². The number of hydrogen-bond donors (Lipinski definition) is 2. The van der Waals surface area contributed by atoms with Crippen molar-refractivity contribution in [3.63, 3.8) is 0 Å². The molecule has 0 fully saturated rings. The molecule has 0 saturated heterocycles. The maximum atomic E-state index is 11.2. The molecule has 0 spiro atoms. The smallest absolute Gasteiger partial charge is 0.322 e. The minimum atomic E-state index is -0.569. The fourth-order valence-electron chi connectivity index (χ4n) is 1.40. The second-order valence-corrected chi connectivity index (χ2v) is 3.50. The van der Waals surface area contributed by atoms with Crippen LogP contribution >= 0.6 is 0 Å². The number of nitrogens with two attached hydrogens (primary N) is 2. The summed E-state index contributed by atoms with van der Waals surface area (Å²) in [7, 11) is 0. The van der Waals surface area contributed by atoms with E-state index in [2.05, 4.69) is 9.97 Å². The van der Waals surface area contributed by atoms with Crippen LogP contribution < -0.4 is 16.2 Å². The van der Waals surface area contributed by atoms with Gasteiger partial charge in [0.25, 0.3) is 5.91 Å². The number of rotatable bonds is 4. The Morgan fingerprint density at radius 1 is 1.28 bits per heavy atom. The summed E-state index contributed by atoms with van der Waals surface area (Å²) in [4.78, 5) is 19.2. The van der Waals surface area contributed by atoms with E-state index in [4.69, 9.17) is 16.2 Å². The maximum absolute atomic E-state index is 11.2. The zero-order valence-corrected chi connectivity index (χ0v) is 9.54. The van der Waals surface area contributed by atoms with E-state index in [0.717, 1.165) is 0 Å². The topological polar surface area (TPSA) is 104 Å². The molecule has 2 rings (SSSR count). The maximum Gasteiger partial charge on any atom is 0.322 e. The third-order valence-electron chi connectivity index (χ3n) is 2.25. The molecule has 1 aromatic carbocycles. The Morgan fingerprint density at radius 2 is 2.06 bits per heavy atom. The van der Waals surface area contributed by atoms with Crippen molar-refractivity contribution in [2.24, 2.45) is 11.5 Å². The van der Waals surface area contributed by atoms with Gasteiger partial charge >= 0.3 is 6.01 Å². The summed E-state index contributed by atoms with van der Waals surface area (Å²) in [5.74, 6) is -0.250. The van der Waals surface area contributed by atoms with Gasteiger partial charge in [-0.1, -0.05) is 12.1 Å². The van der Waals surface area contributed by atoms with E-state index in [1.165, 1.54) is 6.20 Å². The van der Waals surface area contributed by atoms with Gasteiger partial charge in [-0.3, -0.25) is 4.79 Å². The lowest BCUT2D eigenvalue weighted by Gasteiger charge is -2.07. The molecule has 4 N–H and O–H groups in total. The second-order valence-electron chi connectivity index (χ2n) is 3.50. The molecule has 0 radical (unpaired) electrons. The average molecular weight is 244 g/mol. The first-order valence-electron chi connectivity index (χ1n) is 5.29. The number of nitrogens with zero attached hydrogens (tertiary/aromatic N) is 2. The summed E-state index contributed by atoms with van der Waals surface area (Å²) in [6, 6.07) is 8.45. The summed E-state index contributed by atoms with van der Waals surface area (Å²) < 4.78 is 5.43. The predicted octanol–water partition coefficient (Wildman–Crippen LogP) is 0.826. The highest BCUT2D eigenvalue weighted by Gasteiger charge is 2.10. The predicted molar refractivity (Wildman–Crippen MR) is 65.0 cm³/mol. The summed E-state index contributed by atoms with van der Waals surface area (Å²) >= 11 is 0. The summed E-state index contributed by atoms with van der Waals surface area (Å²) in [5.41, 5.74) is 11.6. The van der Waals surface area contributed by atoms with E-state index < -0.39 is 5.91 Å². The van der Waals surface area contributed by atoms with Gasteiger partial charge in [-0.2, -0.15) is 4.98 Å². The van der Waals surface area contributed by atoms with Crippen molar-refractivity contribution in [2.45, 2.75) is 6.54 Å². The van der Waals surface area contributed by atoms with Gasteiger partial charge in [0.15, 0.2) is 0 Å². The number of carbonyl (C=O) groups excluding carboxylic acids is 1. The molecule has 0 aliphatic rings. The van der Waals surface area contributed by atoms with Crippen molar-refractivity contribution in [1.29, 1.82) is 0 Å². The Bertz CT molecular complexity index is 572. The summed E-state index contributed by atoms with van der Waals surface area (Å²) in [6.07, 6.45) is 1.54. The highest BCUT2D eigenvalue weighted by Crippen LogP contribution is 2.22. The molecule has 2 aromatic rings. The first-order valence-corrected chi connectivity index (χ1v) is 5.29. The lowest BCUT2D eigenvalue weighted by atomic mass is 10.2. The molecule has 1 heterocycles. The van der Waals surface area contributed by atoms with Crippen molar-refractivity contribution in [3.8, 4) is 11.8 Å². The number of aromatic nitrogens is 2. The number of amides is 1. The lowest BCUT2D eigenvalue weighted by Crippen LogP contribution is -2.12. The monoisotopic (exact) mass is 244 g/mol. The number of para-hydroxylation sites is 1. The van der Waals surface area contributed by atoms with Crippen molar-refractivity contribution < 1.29 is 9.53 Å². The van der Waals surface area contributed by atoms with Gasteiger partial charge in [0.1, 0.15) is 5.75 Å². The van der Waals surface area contributed by atoms with Gasteiger partial charge in [-0.15, -0.1) is 0 Å². The number of ether oxygens (including phenoxy) is 1. The largest absolute Gasteiger partial charge is 0.423 e. The number of benzene rings is 1. The SMILES string of the molecule is NCc1ccnc(Oc2ccccc2C(N)=O)n1. The van der Waals surface area contributed by atoms with Crippen LogP contribution in [0, 0.1) is 0 Å². The third-order valence-corrected chi connectivity index (χ3v) is 2.25. The number of carbonyl (C=O) groups is 1. The second kappa shape index (κ2) is 5.24. The highest BCUT2D eigenvalue weighted by atomic mass is 16.5.